The van der Waals surface area contributed by atoms with Gasteiger partial charge < -0.3 is 20.1 Å². The zero-order valence-corrected chi connectivity index (χ0v) is 15.5. The van der Waals surface area contributed by atoms with E-state index in [0.29, 0.717) is 17.3 Å². The molecule has 0 bridgehead atoms. The zero-order chi connectivity index (χ0) is 18.4. The van der Waals surface area contributed by atoms with Crippen LogP contribution >= 0.6 is 11.6 Å². The monoisotopic (exact) mass is 374 g/mol. The normalized spacial score (nSPS) is 18.7. The van der Waals surface area contributed by atoms with Crippen molar-refractivity contribution in [3.05, 3.63) is 64.7 Å². The average molecular weight is 375 g/mol. The highest BCUT2D eigenvalue weighted by atomic mass is 35.5. The van der Waals surface area contributed by atoms with Gasteiger partial charge >= 0.3 is 0 Å². The highest BCUT2D eigenvalue weighted by Gasteiger charge is 2.34. The molecule has 1 aliphatic heterocycles. The number of halogens is 1. The molecule has 0 fully saturated rings. The van der Waals surface area contributed by atoms with Crippen LogP contribution in [-0.2, 0) is 9.53 Å². The first-order valence-corrected chi connectivity index (χ1v) is 9.15. The highest BCUT2D eigenvalue weighted by Crippen LogP contribution is 2.39. The van der Waals surface area contributed by atoms with E-state index >= 15 is 0 Å². The van der Waals surface area contributed by atoms with Crippen LogP contribution in [0.25, 0.3) is 0 Å². The predicted octanol–water partition coefficient (Wildman–Crippen LogP) is 3.28. The molecule has 0 aromatic heterocycles. The number of carbonyl (C=O) groups is 1. The molecular formula is C20H23ClN2O3. The Hall–Kier alpha value is -2.08. The van der Waals surface area contributed by atoms with Crippen LogP contribution in [0.2, 0.25) is 5.02 Å². The molecule has 26 heavy (non-hydrogen) atoms. The van der Waals surface area contributed by atoms with Crippen LogP contribution < -0.4 is 15.4 Å². The maximum absolute atomic E-state index is 12.5. The molecule has 0 saturated carbocycles. The molecule has 1 amide bonds. The van der Waals surface area contributed by atoms with Crippen molar-refractivity contribution >= 4 is 17.5 Å². The van der Waals surface area contributed by atoms with Gasteiger partial charge in [0.1, 0.15) is 11.9 Å². The lowest BCUT2D eigenvalue weighted by molar-refractivity contribution is -0.165. The molecule has 0 spiro atoms. The Bertz CT molecular complexity index is 739. The van der Waals surface area contributed by atoms with Gasteiger partial charge in [0.25, 0.3) is 12.2 Å². The summed E-state index contributed by atoms with van der Waals surface area (Å²) >= 11 is 6.14. The van der Waals surface area contributed by atoms with Gasteiger partial charge in [0, 0.05) is 17.1 Å². The molecule has 2 unspecified atom stereocenters. The smallest absolute Gasteiger partial charge is 0.289 e. The predicted molar refractivity (Wildman–Crippen MR) is 101 cm³/mol. The lowest BCUT2D eigenvalue weighted by Gasteiger charge is -2.32. The molecule has 2 N–H and O–H groups in total. The molecule has 2 atom stereocenters. The summed E-state index contributed by atoms with van der Waals surface area (Å²) in [4.78, 5) is 12.5. The standard InChI is InChI=1S/C20H23ClN2O3/c1-22-11-5-6-12-23-19(24)20-25-17-10-9-15(21)13-16(17)18(26-20)14-7-3-2-4-8-14/h2-4,7-10,13,18,20,22H,5-6,11-12H2,1H3,(H,23,24). The van der Waals surface area contributed by atoms with Crippen molar-refractivity contribution in [2.75, 3.05) is 20.1 Å². The molecule has 6 heteroatoms. The van der Waals surface area contributed by atoms with E-state index in [4.69, 9.17) is 21.1 Å². The number of unbranched alkanes of at least 4 members (excludes halogenated alkanes) is 1. The maximum atomic E-state index is 12.5. The molecule has 0 aliphatic carbocycles. The first-order chi connectivity index (χ1) is 12.7. The number of ether oxygens (including phenoxy) is 2. The van der Waals surface area contributed by atoms with Crippen LogP contribution in [0.4, 0.5) is 0 Å². The molecule has 2 aromatic rings. The lowest BCUT2D eigenvalue weighted by atomic mass is 9.99. The summed E-state index contributed by atoms with van der Waals surface area (Å²) in [5.41, 5.74) is 1.77. The van der Waals surface area contributed by atoms with E-state index < -0.39 is 12.4 Å². The zero-order valence-electron chi connectivity index (χ0n) is 14.7. The van der Waals surface area contributed by atoms with E-state index in [1.807, 2.05) is 43.4 Å². The molecule has 3 rings (SSSR count). The summed E-state index contributed by atoms with van der Waals surface area (Å²) in [6, 6.07) is 15.1. The second kappa shape index (κ2) is 9.03. The maximum Gasteiger partial charge on any atom is 0.289 e. The van der Waals surface area contributed by atoms with Crippen LogP contribution in [-0.4, -0.2) is 32.3 Å². The molecule has 0 saturated heterocycles. The summed E-state index contributed by atoms with van der Waals surface area (Å²) in [5.74, 6) is 0.348. The molecule has 138 valence electrons. The third kappa shape index (κ3) is 4.55. The lowest BCUT2D eigenvalue weighted by Crippen LogP contribution is -2.43. The Kier molecular flexibility index (Phi) is 6.50. The van der Waals surface area contributed by atoms with Gasteiger partial charge in [0.05, 0.1) is 0 Å². The molecule has 1 heterocycles. The highest BCUT2D eigenvalue weighted by molar-refractivity contribution is 6.30. The molecule has 5 nitrogen and oxygen atoms in total. The van der Waals surface area contributed by atoms with Crippen LogP contribution in [0.5, 0.6) is 5.75 Å². The van der Waals surface area contributed by atoms with Crippen molar-refractivity contribution in [1.29, 1.82) is 0 Å². The van der Waals surface area contributed by atoms with Crippen LogP contribution in [0.1, 0.15) is 30.1 Å². The third-order valence-corrected chi connectivity index (χ3v) is 4.45. The Morgan fingerprint density at radius 2 is 1.88 bits per heavy atom. The van der Waals surface area contributed by atoms with Gasteiger partial charge in [0.2, 0.25) is 0 Å². The van der Waals surface area contributed by atoms with Crippen molar-refractivity contribution in [1.82, 2.24) is 10.6 Å². The Morgan fingerprint density at radius 3 is 2.65 bits per heavy atom. The molecule has 1 aliphatic rings. The minimum Gasteiger partial charge on any atom is -0.455 e. The van der Waals surface area contributed by atoms with Crippen molar-refractivity contribution < 1.29 is 14.3 Å². The van der Waals surface area contributed by atoms with Crippen molar-refractivity contribution in [3.8, 4) is 5.75 Å². The van der Waals surface area contributed by atoms with Crippen LogP contribution in [0.15, 0.2) is 48.5 Å². The van der Waals surface area contributed by atoms with E-state index in [0.717, 1.165) is 30.5 Å². The quantitative estimate of drug-likeness (QED) is 0.730. The number of rotatable bonds is 7. The van der Waals surface area contributed by atoms with E-state index in [-0.39, 0.29) is 5.91 Å². The first-order valence-electron chi connectivity index (χ1n) is 8.78. The SMILES string of the molecule is CNCCCCNC(=O)C1Oc2ccc(Cl)cc2C(c2ccccc2)O1. The number of benzene rings is 2. The minimum atomic E-state index is -0.988. The fourth-order valence-electron chi connectivity index (χ4n) is 2.89. The number of amides is 1. The Morgan fingerprint density at radius 1 is 1.12 bits per heavy atom. The largest absolute Gasteiger partial charge is 0.455 e. The van der Waals surface area contributed by atoms with E-state index in [1.165, 1.54) is 0 Å². The molecule has 0 radical (unpaired) electrons. The minimum absolute atomic E-state index is 0.268. The number of carbonyl (C=O) groups excluding carboxylic acids is 1. The van der Waals surface area contributed by atoms with Gasteiger partial charge in [-0.25, -0.2) is 0 Å². The summed E-state index contributed by atoms with van der Waals surface area (Å²) in [6.07, 6.45) is 0.502. The van der Waals surface area contributed by atoms with Gasteiger partial charge in [-0.3, -0.25) is 4.79 Å². The van der Waals surface area contributed by atoms with Gasteiger partial charge in [0.15, 0.2) is 0 Å². The fraction of sp³-hybridized carbons (Fsp3) is 0.350. The van der Waals surface area contributed by atoms with E-state index in [9.17, 15) is 4.79 Å². The summed E-state index contributed by atoms with van der Waals surface area (Å²) in [7, 11) is 1.91. The van der Waals surface area contributed by atoms with Crippen LogP contribution in [0.3, 0.4) is 0 Å². The van der Waals surface area contributed by atoms with E-state index in [2.05, 4.69) is 10.6 Å². The second-order valence-corrected chi connectivity index (χ2v) is 6.60. The molecular weight excluding hydrogens is 352 g/mol. The Labute approximate surface area is 158 Å². The summed E-state index contributed by atoms with van der Waals surface area (Å²) in [5, 5.41) is 6.57. The molecule has 2 aromatic carbocycles. The van der Waals surface area contributed by atoms with Crippen molar-refractivity contribution in [2.45, 2.75) is 25.2 Å². The summed E-state index contributed by atoms with van der Waals surface area (Å²) in [6.45, 7) is 1.52. The Balaban J connectivity index is 1.74. The fourth-order valence-corrected chi connectivity index (χ4v) is 3.08. The number of nitrogens with one attached hydrogen (secondary N) is 2. The summed E-state index contributed by atoms with van der Waals surface area (Å²) < 4.78 is 11.8. The van der Waals surface area contributed by atoms with Gasteiger partial charge in [-0.05, 0) is 50.2 Å². The number of hydrogen-bond acceptors (Lipinski definition) is 4. The van der Waals surface area contributed by atoms with Crippen molar-refractivity contribution in [2.24, 2.45) is 0 Å². The van der Waals surface area contributed by atoms with E-state index in [1.54, 1.807) is 12.1 Å². The second-order valence-electron chi connectivity index (χ2n) is 6.16. The first kappa shape index (κ1) is 18.7. The van der Waals surface area contributed by atoms with Gasteiger partial charge in [-0.2, -0.15) is 0 Å². The van der Waals surface area contributed by atoms with Crippen LogP contribution in [0, 0.1) is 0 Å². The third-order valence-electron chi connectivity index (χ3n) is 4.22. The topological polar surface area (TPSA) is 59.6 Å². The van der Waals surface area contributed by atoms with Gasteiger partial charge in [-0.15, -0.1) is 0 Å². The average Bonchev–Trinajstić information content (AvgIpc) is 2.67. The number of fused-ring (bicyclic) bond motifs is 1. The van der Waals surface area contributed by atoms with Gasteiger partial charge in [-0.1, -0.05) is 41.9 Å². The number of hydrogen-bond donors (Lipinski definition) is 2. The van der Waals surface area contributed by atoms with Crippen molar-refractivity contribution in [3.63, 3.8) is 0 Å².